The van der Waals surface area contributed by atoms with Crippen molar-refractivity contribution in [2.75, 3.05) is 24.5 Å². The maximum Gasteiger partial charge on any atom is 0.246 e. The molecule has 1 atom stereocenters. The van der Waals surface area contributed by atoms with Gasteiger partial charge in [0.1, 0.15) is 0 Å². The lowest BCUT2D eigenvalue weighted by molar-refractivity contribution is -0.125. The van der Waals surface area contributed by atoms with Crippen molar-refractivity contribution in [3.63, 3.8) is 0 Å². The molecule has 4 rings (SSSR count). The Morgan fingerprint density at radius 3 is 2.93 bits per heavy atom. The number of rotatable bonds is 3. The number of likely N-dealkylation sites (tertiary alicyclic amines) is 1. The van der Waals surface area contributed by atoms with Gasteiger partial charge < -0.3 is 9.80 Å². The summed E-state index contributed by atoms with van der Waals surface area (Å²) in [5, 5.41) is 11.1. The van der Waals surface area contributed by atoms with Gasteiger partial charge >= 0.3 is 0 Å². The van der Waals surface area contributed by atoms with Crippen LogP contribution in [0.1, 0.15) is 23.3 Å². The molecule has 27 heavy (non-hydrogen) atoms. The molecule has 0 bridgehead atoms. The van der Waals surface area contributed by atoms with Crippen molar-refractivity contribution in [3.05, 3.63) is 58.3 Å². The fourth-order valence-corrected chi connectivity index (χ4v) is 4.53. The highest BCUT2D eigenvalue weighted by molar-refractivity contribution is 7.10. The zero-order valence-electron chi connectivity index (χ0n) is 14.8. The minimum atomic E-state index is -0.188. The van der Waals surface area contributed by atoms with Gasteiger partial charge in [0, 0.05) is 48.1 Å². The summed E-state index contributed by atoms with van der Waals surface area (Å²) in [7, 11) is 0. The second-order valence-electron chi connectivity index (χ2n) is 7.18. The Balaban J connectivity index is 1.45. The number of anilines is 1. The summed E-state index contributed by atoms with van der Waals surface area (Å²) in [6.45, 7) is 1.87. The lowest BCUT2D eigenvalue weighted by atomic mass is 9.86. The first-order chi connectivity index (χ1) is 13.1. The number of carbonyl (C=O) groups is 2. The highest BCUT2D eigenvalue weighted by Gasteiger charge is 2.48. The Morgan fingerprint density at radius 2 is 2.15 bits per heavy atom. The first-order valence-electron chi connectivity index (χ1n) is 8.90. The molecule has 2 fully saturated rings. The number of amides is 2. The van der Waals surface area contributed by atoms with E-state index in [0.29, 0.717) is 31.6 Å². The first kappa shape index (κ1) is 17.5. The van der Waals surface area contributed by atoms with Gasteiger partial charge in [-0.05, 0) is 42.1 Å². The van der Waals surface area contributed by atoms with Crippen LogP contribution in [0.25, 0.3) is 6.08 Å². The van der Waals surface area contributed by atoms with Gasteiger partial charge in [-0.25, -0.2) is 0 Å². The number of thiophene rings is 1. The van der Waals surface area contributed by atoms with Gasteiger partial charge in [0.15, 0.2) is 0 Å². The van der Waals surface area contributed by atoms with Crippen LogP contribution in [-0.4, -0.2) is 36.3 Å². The van der Waals surface area contributed by atoms with Gasteiger partial charge in [-0.15, -0.1) is 11.3 Å². The molecule has 2 aliphatic rings. The molecule has 1 aromatic carbocycles. The zero-order chi connectivity index (χ0) is 18.9. The molecule has 2 aliphatic heterocycles. The predicted molar refractivity (Wildman–Crippen MR) is 105 cm³/mol. The van der Waals surface area contributed by atoms with Crippen molar-refractivity contribution in [1.29, 1.82) is 5.26 Å². The van der Waals surface area contributed by atoms with E-state index in [9.17, 15) is 9.59 Å². The number of hydrogen-bond acceptors (Lipinski definition) is 4. The second-order valence-corrected chi connectivity index (χ2v) is 8.16. The lowest BCUT2D eigenvalue weighted by Crippen LogP contribution is -2.33. The quantitative estimate of drug-likeness (QED) is 0.771. The van der Waals surface area contributed by atoms with Gasteiger partial charge in [-0.2, -0.15) is 5.26 Å². The molecular formula is C21H19N3O2S. The Bertz CT molecular complexity index is 945. The molecule has 2 amide bonds. The molecule has 0 N–H and O–H groups in total. The molecule has 5 nitrogen and oxygen atoms in total. The molecular weight excluding hydrogens is 358 g/mol. The molecule has 2 saturated heterocycles. The molecule has 1 spiro atoms. The molecule has 0 radical (unpaired) electrons. The van der Waals surface area contributed by atoms with Crippen molar-refractivity contribution in [2.45, 2.75) is 12.8 Å². The summed E-state index contributed by atoms with van der Waals surface area (Å²) in [6, 6.07) is 13.2. The third kappa shape index (κ3) is 3.51. The first-order valence-corrected chi connectivity index (χ1v) is 9.78. The number of carbonyl (C=O) groups excluding carboxylic acids is 2. The van der Waals surface area contributed by atoms with Crippen LogP contribution in [0.4, 0.5) is 5.69 Å². The van der Waals surface area contributed by atoms with Crippen molar-refractivity contribution in [1.82, 2.24) is 4.90 Å². The van der Waals surface area contributed by atoms with Gasteiger partial charge in [-0.1, -0.05) is 12.1 Å². The van der Waals surface area contributed by atoms with E-state index in [1.807, 2.05) is 34.6 Å². The lowest BCUT2D eigenvalue weighted by Gasteiger charge is -2.24. The molecule has 0 aliphatic carbocycles. The van der Waals surface area contributed by atoms with Crippen LogP contribution in [-0.2, 0) is 9.59 Å². The maximum absolute atomic E-state index is 12.6. The fraction of sp³-hybridized carbons (Fsp3) is 0.286. The third-order valence-corrected chi connectivity index (χ3v) is 6.13. The second kappa shape index (κ2) is 7.01. The Labute approximate surface area is 162 Å². The van der Waals surface area contributed by atoms with Crippen LogP contribution in [0.5, 0.6) is 0 Å². The van der Waals surface area contributed by atoms with Crippen LogP contribution in [0.2, 0.25) is 0 Å². The number of nitrogens with zero attached hydrogens (tertiary/aromatic N) is 3. The molecule has 1 unspecified atom stereocenters. The largest absolute Gasteiger partial charge is 0.338 e. The van der Waals surface area contributed by atoms with Crippen molar-refractivity contribution >= 4 is 34.9 Å². The van der Waals surface area contributed by atoms with Gasteiger partial charge in [0.2, 0.25) is 11.8 Å². The molecule has 136 valence electrons. The van der Waals surface area contributed by atoms with Crippen LogP contribution in [0.3, 0.4) is 0 Å². The van der Waals surface area contributed by atoms with E-state index in [4.69, 9.17) is 5.26 Å². The number of benzene rings is 1. The third-order valence-electron chi connectivity index (χ3n) is 5.29. The summed E-state index contributed by atoms with van der Waals surface area (Å²) in [5.74, 6) is 0.0613. The summed E-state index contributed by atoms with van der Waals surface area (Å²) in [5.41, 5.74) is 1.12. The van der Waals surface area contributed by atoms with Crippen LogP contribution in [0, 0.1) is 16.7 Å². The smallest absolute Gasteiger partial charge is 0.246 e. The minimum absolute atomic E-state index is 0.00217. The number of nitriles is 1. The monoisotopic (exact) mass is 377 g/mol. The highest BCUT2D eigenvalue weighted by atomic mass is 32.1. The summed E-state index contributed by atoms with van der Waals surface area (Å²) < 4.78 is 0. The van der Waals surface area contributed by atoms with Crippen molar-refractivity contribution in [3.8, 4) is 6.07 Å². The zero-order valence-corrected chi connectivity index (χ0v) is 15.6. The summed E-state index contributed by atoms with van der Waals surface area (Å²) >= 11 is 1.60. The van der Waals surface area contributed by atoms with E-state index in [1.54, 1.807) is 40.5 Å². The van der Waals surface area contributed by atoms with E-state index in [0.717, 1.165) is 17.0 Å². The van der Waals surface area contributed by atoms with Crippen molar-refractivity contribution < 1.29 is 9.59 Å². The molecule has 1 aromatic heterocycles. The van der Waals surface area contributed by atoms with Crippen molar-refractivity contribution in [2.24, 2.45) is 5.41 Å². The van der Waals surface area contributed by atoms with E-state index in [-0.39, 0.29) is 17.2 Å². The maximum atomic E-state index is 12.6. The van der Waals surface area contributed by atoms with E-state index >= 15 is 0 Å². The van der Waals surface area contributed by atoms with E-state index in [1.165, 1.54) is 0 Å². The SMILES string of the molecule is N#Cc1cccc(N2CC3(CCN(C(=O)/C=C/c4cccs4)C3)CC2=O)c1. The van der Waals surface area contributed by atoms with Gasteiger partial charge in [0.05, 0.1) is 11.6 Å². The Hall–Kier alpha value is -2.91. The Kier molecular flexibility index (Phi) is 4.54. The average molecular weight is 377 g/mol. The topological polar surface area (TPSA) is 64.4 Å². The highest BCUT2D eigenvalue weighted by Crippen LogP contribution is 2.42. The van der Waals surface area contributed by atoms with E-state index < -0.39 is 0 Å². The van der Waals surface area contributed by atoms with Crippen LogP contribution >= 0.6 is 11.3 Å². The molecule has 3 heterocycles. The number of hydrogen-bond donors (Lipinski definition) is 0. The average Bonchev–Trinajstić information content (AvgIpc) is 3.41. The normalized spacial score (nSPS) is 22.1. The predicted octanol–water partition coefficient (Wildman–Crippen LogP) is 3.29. The standard InChI is InChI=1S/C21H19N3O2S/c22-13-16-3-1-4-17(11-16)24-15-21(12-20(24)26)8-9-23(14-21)19(25)7-6-18-5-2-10-27-18/h1-7,10-11H,8-9,12,14-15H2/b7-6+. The fourth-order valence-electron chi connectivity index (χ4n) is 3.92. The van der Waals surface area contributed by atoms with Gasteiger partial charge in [0.25, 0.3) is 0 Å². The minimum Gasteiger partial charge on any atom is -0.338 e. The van der Waals surface area contributed by atoms with Crippen LogP contribution < -0.4 is 4.90 Å². The molecule has 0 saturated carbocycles. The van der Waals surface area contributed by atoms with Gasteiger partial charge in [-0.3, -0.25) is 9.59 Å². The Morgan fingerprint density at radius 1 is 1.26 bits per heavy atom. The van der Waals surface area contributed by atoms with E-state index in [2.05, 4.69) is 6.07 Å². The summed E-state index contributed by atoms with van der Waals surface area (Å²) in [6.07, 6.45) is 4.74. The summed E-state index contributed by atoms with van der Waals surface area (Å²) in [4.78, 5) is 29.8. The molecule has 2 aromatic rings. The van der Waals surface area contributed by atoms with Crippen LogP contribution in [0.15, 0.2) is 47.9 Å². The molecule has 6 heteroatoms.